The maximum absolute atomic E-state index is 12.6. The topological polar surface area (TPSA) is 60.5 Å². The number of benzene rings is 1. The van der Waals surface area contributed by atoms with Gasteiger partial charge in [-0.05, 0) is 19.1 Å². The van der Waals surface area contributed by atoms with Crippen molar-refractivity contribution < 1.29 is 9.69 Å². The molecule has 0 aliphatic heterocycles. The number of amides is 1. The Morgan fingerprint density at radius 2 is 1.86 bits per heavy atom. The molecule has 0 fully saturated rings. The lowest BCUT2D eigenvalue weighted by molar-refractivity contribution is -0.849. The number of para-hydroxylation sites is 1. The number of nitrogens with one attached hydrogen (secondary N) is 2. The van der Waals surface area contributed by atoms with Crippen LogP contribution >= 0.6 is 0 Å². The van der Waals surface area contributed by atoms with Gasteiger partial charge in [-0.25, -0.2) is 4.68 Å². The lowest BCUT2D eigenvalue weighted by Crippen LogP contribution is -3.06. The number of nitrogens with zero attached hydrogens (tertiary/aromatic N) is 2. The molecule has 1 aromatic carbocycles. The number of rotatable bonds is 4. The SMILES string of the molecule is Cc1c(NC(=O)C[NH+](C)C)c(=O)n(-c2ccccc2)n1C. The molecule has 0 aliphatic rings. The summed E-state index contributed by atoms with van der Waals surface area (Å²) in [6.45, 7) is 2.14. The first-order chi connectivity index (χ1) is 9.91. The van der Waals surface area contributed by atoms with Crippen LogP contribution in [0.2, 0.25) is 0 Å². The molecule has 6 heteroatoms. The highest BCUT2D eigenvalue weighted by atomic mass is 16.2. The van der Waals surface area contributed by atoms with Gasteiger partial charge in [-0.2, -0.15) is 0 Å². The highest BCUT2D eigenvalue weighted by Gasteiger charge is 2.18. The van der Waals surface area contributed by atoms with E-state index in [0.717, 1.165) is 16.3 Å². The molecule has 21 heavy (non-hydrogen) atoms. The predicted molar refractivity (Wildman–Crippen MR) is 82.1 cm³/mol. The number of carbonyl (C=O) groups excluding carboxylic acids is 1. The first-order valence-corrected chi connectivity index (χ1v) is 6.84. The number of hydrogen-bond donors (Lipinski definition) is 2. The van der Waals surface area contributed by atoms with Crippen molar-refractivity contribution in [3.05, 3.63) is 46.4 Å². The molecule has 1 amide bonds. The molecule has 0 atom stereocenters. The third-order valence-electron chi connectivity index (χ3n) is 3.33. The highest BCUT2D eigenvalue weighted by Crippen LogP contribution is 2.13. The lowest BCUT2D eigenvalue weighted by Gasteiger charge is -2.07. The quantitative estimate of drug-likeness (QED) is 0.802. The maximum atomic E-state index is 12.6. The minimum absolute atomic E-state index is 0.166. The number of carbonyl (C=O) groups is 1. The molecule has 1 heterocycles. The summed E-state index contributed by atoms with van der Waals surface area (Å²) in [5, 5.41) is 2.73. The van der Waals surface area contributed by atoms with Gasteiger partial charge in [-0.1, -0.05) is 18.2 Å². The zero-order valence-electron chi connectivity index (χ0n) is 12.8. The van der Waals surface area contributed by atoms with Gasteiger partial charge in [0, 0.05) is 7.05 Å². The summed E-state index contributed by atoms with van der Waals surface area (Å²) in [6.07, 6.45) is 0. The molecule has 2 N–H and O–H groups in total. The van der Waals surface area contributed by atoms with Gasteiger partial charge in [-0.3, -0.25) is 14.3 Å². The van der Waals surface area contributed by atoms with Crippen molar-refractivity contribution in [2.45, 2.75) is 6.92 Å². The van der Waals surface area contributed by atoms with Crippen LogP contribution in [0.4, 0.5) is 5.69 Å². The van der Waals surface area contributed by atoms with Gasteiger partial charge in [0.1, 0.15) is 5.69 Å². The van der Waals surface area contributed by atoms with Gasteiger partial charge in [0.25, 0.3) is 11.5 Å². The number of anilines is 1. The summed E-state index contributed by atoms with van der Waals surface area (Å²) < 4.78 is 3.29. The summed E-state index contributed by atoms with van der Waals surface area (Å²) in [5.41, 5.74) is 1.62. The molecule has 0 bridgehead atoms. The Morgan fingerprint density at radius 3 is 2.43 bits per heavy atom. The van der Waals surface area contributed by atoms with Crippen molar-refractivity contribution in [2.75, 3.05) is 26.0 Å². The Balaban J connectivity index is 2.42. The molecule has 112 valence electrons. The molecular formula is C15H21N4O2+. The van der Waals surface area contributed by atoms with Crippen LogP contribution in [0, 0.1) is 6.92 Å². The minimum atomic E-state index is -0.219. The largest absolute Gasteiger partial charge is 0.332 e. The fourth-order valence-corrected chi connectivity index (χ4v) is 2.22. The smallest absolute Gasteiger partial charge is 0.295 e. The van der Waals surface area contributed by atoms with Crippen molar-refractivity contribution in [1.82, 2.24) is 9.36 Å². The molecule has 0 unspecified atom stereocenters. The molecular weight excluding hydrogens is 268 g/mol. The fourth-order valence-electron chi connectivity index (χ4n) is 2.22. The molecule has 6 nitrogen and oxygen atoms in total. The average Bonchev–Trinajstić information content (AvgIpc) is 2.63. The first kappa shape index (κ1) is 15.1. The maximum Gasteiger partial charge on any atom is 0.295 e. The van der Waals surface area contributed by atoms with Crippen LogP contribution < -0.4 is 15.8 Å². The zero-order valence-corrected chi connectivity index (χ0v) is 12.8. The van der Waals surface area contributed by atoms with E-state index in [1.165, 1.54) is 0 Å². The van der Waals surface area contributed by atoms with Gasteiger partial charge < -0.3 is 10.2 Å². The van der Waals surface area contributed by atoms with E-state index in [2.05, 4.69) is 5.32 Å². The Bertz CT molecular complexity index is 698. The normalized spacial score (nSPS) is 10.9. The second-order valence-electron chi connectivity index (χ2n) is 5.37. The molecule has 0 saturated carbocycles. The monoisotopic (exact) mass is 289 g/mol. The van der Waals surface area contributed by atoms with Gasteiger partial charge in [0.2, 0.25) is 0 Å². The molecule has 0 radical (unpaired) electrons. The molecule has 1 aromatic heterocycles. The molecule has 2 aromatic rings. The van der Waals surface area contributed by atoms with Crippen molar-refractivity contribution in [3.63, 3.8) is 0 Å². The first-order valence-electron chi connectivity index (χ1n) is 6.84. The van der Waals surface area contributed by atoms with E-state index < -0.39 is 0 Å². The third kappa shape index (κ3) is 3.05. The summed E-state index contributed by atoms with van der Waals surface area (Å²) in [4.78, 5) is 25.5. The van der Waals surface area contributed by atoms with Gasteiger partial charge in [0.15, 0.2) is 6.54 Å². The summed E-state index contributed by atoms with van der Waals surface area (Å²) in [7, 11) is 5.58. The molecule has 0 spiro atoms. The van der Waals surface area contributed by atoms with Crippen LogP contribution in [0.1, 0.15) is 5.69 Å². The minimum Gasteiger partial charge on any atom is -0.332 e. The van der Waals surface area contributed by atoms with E-state index >= 15 is 0 Å². The Hall–Kier alpha value is -2.34. The predicted octanol–water partition coefficient (Wildman–Crippen LogP) is -0.433. The van der Waals surface area contributed by atoms with Crippen LogP contribution in [0.15, 0.2) is 35.1 Å². The van der Waals surface area contributed by atoms with Gasteiger partial charge >= 0.3 is 0 Å². The number of quaternary nitrogens is 1. The Labute approximate surface area is 123 Å². The van der Waals surface area contributed by atoms with Crippen molar-refractivity contribution in [1.29, 1.82) is 0 Å². The lowest BCUT2D eigenvalue weighted by atomic mass is 10.3. The van der Waals surface area contributed by atoms with Crippen LogP contribution in [0.3, 0.4) is 0 Å². The summed E-state index contributed by atoms with van der Waals surface area (Å²) in [5.74, 6) is -0.166. The van der Waals surface area contributed by atoms with E-state index in [-0.39, 0.29) is 11.5 Å². The van der Waals surface area contributed by atoms with Crippen LogP contribution in [0.5, 0.6) is 0 Å². The number of aromatic nitrogens is 2. The molecule has 0 aliphatic carbocycles. The Morgan fingerprint density at radius 1 is 1.24 bits per heavy atom. The van der Waals surface area contributed by atoms with E-state index in [4.69, 9.17) is 0 Å². The van der Waals surface area contributed by atoms with Crippen LogP contribution in [-0.2, 0) is 11.8 Å². The summed E-state index contributed by atoms with van der Waals surface area (Å²) >= 11 is 0. The number of hydrogen-bond acceptors (Lipinski definition) is 2. The van der Waals surface area contributed by atoms with Crippen LogP contribution in [-0.4, -0.2) is 35.9 Å². The van der Waals surface area contributed by atoms with E-state index in [1.807, 2.05) is 51.4 Å². The standard InChI is InChI=1S/C15H20N4O2/c1-11-14(16-13(20)10-17(2)3)15(21)19(18(11)4)12-8-6-5-7-9-12/h5-9H,10H2,1-4H3,(H,16,20)/p+1. The number of likely N-dealkylation sites (N-methyl/N-ethyl adjacent to an activating group) is 1. The second-order valence-corrected chi connectivity index (χ2v) is 5.37. The van der Waals surface area contributed by atoms with Gasteiger partial charge in [0.05, 0.1) is 25.5 Å². The van der Waals surface area contributed by atoms with E-state index in [1.54, 1.807) is 16.4 Å². The van der Waals surface area contributed by atoms with Crippen LogP contribution in [0.25, 0.3) is 5.69 Å². The van der Waals surface area contributed by atoms with Gasteiger partial charge in [-0.15, -0.1) is 0 Å². The third-order valence-corrected chi connectivity index (χ3v) is 3.33. The van der Waals surface area contributed by atoms with Crippen molar-refractivity contribution in [3.8, 4) is 5.69 Å². The molecule has 2 rings (SSSR count). The second kappa shape index (κ2) is 5.97. The molecule has 0 saturated heterocycles. The fraction of sp³-hybridized carbons (Fsp3) is 0.333. The Kier molecular flexibility index (Phi) is 4.28. The highest BCUT2D eigenvalue weighted by molar-refractivity contribution is 5.91. The van der Waals surface area contributed by atoms with Crippen molar-refractivity contribution >= 4 is 11.6 Å². The van der Waals surface area contributed by atoms with E-state index in [0.29, 0.717) is 12.2 Å². The summed E-state index contributed by atoms with van der Waals surface area (Å²) in [6, 6.07) is 9.36. The zero-order chi connectivity index (χ0) is 15.6. The van der Waals surface area contributed by atoms with Crippen molar-refractivity contribution in [2.24, 2.45) is 7.05 Å². The average molecular weight is 289 g/mol. The van der Waals surface area contributed by atoms with E-state index in [9.17, 15) is 9.59 Å².